The van der Waals surface area contributed by atoms with Crippen molar-refractivity contribution in [1.29, 1.82) is 0 Å². The Kier molecular flexibility index (Phi) is 4.23. The van der Waals surface area contributed by atoms with Gasteiger partial charge in [-0.3, -0.25) is 4.79 Å². The average molecular weight is 378 g/mol. The molecule has 2 aromatic rings. The van der Waals surface area contributed by atoms with Crippen molar-refractivity contribution in [2.45, 2.75) is 63.3 Å². The Morgan fingerprint density at radius 3 is 2.65 bits per heavy atom. The second-order valence-electron chi connectivity index (χ2n) is 7.30. The maximum Gasteiger partial charge on any atom is 0.258 e. The maximum absolute atomic E-state index is 12.8. The Morgan fingerprint density at radius 2 is 1.92 bits per heavy atom. The lowest BCUT2D eigenvalue weighted by Gasteiger charge is -2.15. The van der Waals surface area contributed by atoms with Crippen LogP contribution < -0.4 is 10.0 Å². The fraction of sp³-hybridized carbons (Fsp3) is 0.588. The first-order valence-electron chi connectivity index (χ1n) is 8.89. The molecule has 0 saturated heterocycles. The Bertz CT molecular complexity index is 965. The summed E-state index contributed by atoms with van der Waals surface area (Å²) in [5.41, 5.74) is 2.15. The number of fused-ring (bicyclic) bond motifs is 1. The van der Waals surface area contributed by atoms with Gasteiger partial charge >= 0.3 is 0 Å². The molecule has 2 aromatic heterocycles. The molecular weight excluding hydrogens is 356 g/mol. The highest BCUT2D eigenvalue weighted by molar-refractivity contribution is 7.90. The third kappa shape index (κ3) is 3.33. The molecule has 0 radical (unpaired) electrons. The molecule has 26 heavy (non-hydrogen) atoms. The van der Waals surface area contributed by atoms with Crippen LogP contribution in [0.2, 0.25) is 0 Å². The van der Waals surface area contributed by atoms with E-state index in [1.807, 2.05) is 0 Å². The summed E-state index contributed by atoms with van der Waals surface area (Å²) in [6.07, 6.45) is 3.58. The topological polar surface area (TPSA) is 114 Å². The highest BCUT2D eigenvalue weighted by Gasteiger charge is 2.38. The maximum atomic E-state index is 12.8. The molecule has 2 heterocycles. The Labute approximate surface area is 151 Å². The van der Waals surface area contributed by atoms with Crippen molar-refractivity contribution in [2.75, 3.05) is 0 Å². The first-order chi connectivity index (χ1) is 12.3. The molecule has 0 aromatic carbocycles. The van der Waals surface area contributed by atoms with Gasteiger partial charge in [0, 0.05) is 17.8 Å². The number of rotatable bonds is 5. The van der Waals surface area contributed by atoms with Crippen LogP contribution in [0.5, 0.6) is 0 Å². The summed E-state index contributed by atoms with van der Waals surface area (Å²) in [6, 6.07) is 1.56. The van der Waals surface area contributed by atoms with Crippen molar-refractivity contribution in [3.63, 3.8) is 0 Å². The smallest absolute Gasteiger partial charge is 0.258 e. The van der Waals surface area contributed by atoms with E-state index >= 15 is 0 Å². The molecule has 2 aliphatic rings. The van der Waals surface area contributed by atoms with Gasteiger partial charge < -0.3 is 9.84 Å². The minimum Gasteiger partial charge on any atom is -0.349 e. The van der Waals surface area contributed by atoms with E-state index in [4.69, 9.17) is 4.52 Å². The average Bonchev–Trinajstić information content (AvgIpc) is 3.27. The van der Waals surface area contributed by atoms with Crippen LogP contribution in [0.15, 0.2) is 10.6 Å². The van der Waals surface area contributed by atoms with Gasteiger partial charge in [-0.25, -0.2) is 18.1 Å². The van der Waals surface area contributed by atoms with Crippen LogP contribution >= 0.6 is 0 Å². The second kappa shape index (κ2) is 6.31. The number of sulfonamides is 1. The van der Waals surface area contributed by atoms with Crippen LogP contribution in [0.4, 0.5) is 0 Å². The van der Waals surface area contributed by atoms with Crippen LogP contribution in [0.25, 0.3) is 11.1 Å². The SMILES string of the molecule is Cc1cc(C(=O)N[C@@H]2CC[C@H](NS(=O)(=O)C3CC3)C2)c2c(C)noc2n1. The van der Waals surface area contributed by atoms with Crippen molar-refractivity contribution < 1.29 is 17.7 Å². The fourth-order valence-electron chi connectivity index (χ4n) is 3.59. The van der Waals surface area contributed by atoms with E-state index in [1.165, 1.54) is 0 Å². The highest BCUT2D eigenvalue weighted by atomic mass is 32.2. The molecule has 2 aliphatic carbocycles. The number of nitrogens with zero attached hydrogens (tertiary/aromatic N) is 2. The molecule has 9 heteroatoms. The number of carbonyl (C=O) groups excluding carboxylic acids is 1. The molecule has 4 rings (SSSR count). The number of nitrogens with one attached hydrogen (secondary N) is 2. The molecule has 1 amide bonds. The quantitative estimate of drug-likeness (QED) is 0.816. The van der Waals surface area contributed by atoms with Gasteiger partial charge in [0.2, 0.25) is 10.0 Å². The third-order valence-electron chi connectivity index (χ3n) is 5.05. The largest absolute Gasteiger partial charge is 0.349 e. The van der Waals surface area contributed by atoms with Crippen molar-refractivity contribution in [3.05, 3.63) is 23.0 Å². The number of hydrogen-bond donors (Lipinski definition) is 2. The van der Waals surface area contributed by atoms with Gasteiger partial charge in [-0.2, -0.15) is 0 Å². The van der Waals surface area contributed by atoms with Gasteiger partial charge in [0.1, 0.15) is 0 Å². The molecule has 2 saturated carbocycles. The van der Waals surface area contributed by atoms with Gasteiger partial charge in [0.15, 0.2) is 0 Å². The number of pyridine rings is 1. The monoisotopic (exact) mass is 378 g/mol. The fourth-order valence-corrected chi connectivity index (χ4v) is 5.21. The van der Waals surface area contributed by atoms with E-state index in [-0.39, 0.29) is 23.2 Å². The van der Waals surface area contributed by atoms with E-state index in [0.29, 0.717) is 34.5 Å². The molecule has 0 aliphatic heterocycles. The standard InChI is InChI=1S/C17H22N4O4S/c1-9-7-14(15-10(2)20-25-17(15)18-9)16(22)19-11-3-4-12(8-11)21-26(23,24)13-5-6-13/h7,11-13,21H,3-6,8H2,1-2H3,(H,19,22)/t11-,12+/m1/s1. The Hall–Kier alpha value is -2.00. The van der Waals surface area contributed by atoms with E-state index in [9.17, 15) is 13.2 Å². The molecular formula is C17H22N4O4S. The lowest BCUT2D eigenvalue weighted by molar-refractivity contribution is 0.0939. The number of aromatic nitrogens is 2. The minimum absolute atomic E-state index is 0.0573. The van der Waals surface area contributed by atoms with Crippen LogP contribution in [0.3, 0.4) is 0 Å². The number of carbonyl (C=O) groups is 1. The lowest BCUT2D eigenvalue weighted by Crippen LogP contribution is -2.38. The molecule has 0 spiro atoms. The van der Waals surface area contributed by atoms with Gasteiger partial charge in [-0.1, -0.05) is 5.16 Å². The van der Waals surface area contributed by atoms with Gasteiger partial charge in [0.25, 0.3) is 11.6 Å². The van der Waals surface area contributed by atoms with Crippen LogP contribution in [-0.4, -0.2) is 41.8 Å². The van der Waals surface area contributed by atoms with Gasteiger partial charge in [-0.15, -0.1) is 0 Å². The van der Waals surface area contributed by atoms with Gasteiger partial charge in [-0.05, 0) is 52.0 Å². The molecule has 0 unspecified atom stereocenters. The van der Waals surface area contributed by atoms with E-state index in [2.05, 4.69) is 20.2 Å². The minimum atomic E-state index is -3.20. The zero-order valence-corrected chi connectivity index (χ0v) is 15.6. The normalized spacial score (nSPS) is 23.5. The molecule has 2 fully saturated rings. The summed E-state index contributed by atoms with van der Waals surface area (Å²) in [7, 11) is -3.20. The Balaban J connectivity index is 1.45. The zero-order chi connectivity index (χ0) is 18.5. The van der Waals surface area contributed by atoms with Gasteiger partial charge in [0.05, 0.1) is 21.9 Å². The molecule has 2 N–H and O–H groups in total. The van der Waals surface area contributed by atoms with E-state index in [1.54, 1.807) is 19.9 Å². The van der Waals surface area contributed by atoms with Crippen molar-refractivity contribution in [3.8, 4) is 0 Å². The summed E-state index contributed by atoms with van der Waals surface area (Å²) in [6.45, 7) is 3.57. The second-order valence-corrected chi connectivity index (χ2v) is 9.29. The summed E-state index contributed by atoms with van der Waals surface area (Å²) in [5.74, 6) is -0.206. The van der Waals surface area contributed by atoms with E-state index < -0.39 is 10.0 Å². The number of hydrogen-bond acceptors (Lipinski definition) is 6. The zero-order valence-electron chi connectivity index (χ0n) is 14.8. The third-order valence-corrected chi connectivity index (χ3v) is 7.06. The van der Waals surface area contributed by atoms with E-state index in [0.717, 1.165) is 25.7 Å². The summed E-state index contributed by atoms with van der Waals surface area (Å²) in [5, 5.41) is 7.31. The van der Waals surface area contributed by atoms with Crippen molar-refractivity contribution in [1.82, 2.24) is 20.2 Å². The molecule has 0 bridgehead atoms. The first kappa shape index (κ1) is 17.4. The Morgan fingerprint density at radius 1 is 1.19 bits per heavy atom. The number of aryl methyl sites for hydroxylation is 2. The molecule has 140 valence electrons. The summed E-state index contributed by atoms with van der Waals surface area (Å²) in [4.78, 5) is 17.0. The predicted octanol–water partition coefficient (Wildman–Crippen LogP) is 1.57. The summed E-state index contributed by atoms with van der Waals surface area (Å²) >= 11 is 0. The number of amides is 1. The summed E-state index contributed by atoms with van der Waals surface area (Å²) < 4.78 is 32.1. The van der Waals surface area contributed by atoms with Crippen LogP contribution in [-0.2, 0) is 10.0 Å². The van der Waals surface area contributed by atoms with Crippen molar-refractivity contribution in [2.24, 2.45) is 0 Å². The van der Waals surface area contributed by atoms with Crippen LogP contribution in [0, 0.1) is 13.8 Å². The lowest BCUT2D eigenvalue weighted by atomic mass is 10.1. The molecule has 8 nitrogen and oxygen atoms in total. The molecule has 2 atom stereocenters. The van der Waals surface area contributed by atoms with Crippen molar-refractivity contribution >= 4 is 27.0 Å². The highest BCUT2D eigenvalue weighted by Crippen LogP contribution is 2.30. The predicted molar refractivity (Wildman–Crippen MR) is 95.2 cm³/mol. The van der Waals surface area contributed by atoms with Crippen LogP contribution in [0.1, 0.15) is 53.8 Å². The first-order valence-corrected chi connectivity index (χ1v) is 10.4.